The quantitative estimate of drug-likeness (QED) is 0.216. The molecule has 0 aliphatic rings. The Morgan fingerprint density at radius 1 is 0.840 bits per heavy atom. The number of ketones is 1. The fraction of sp³-hybridized carbons (Fsp3) is 0.609. The van der Waals surface area contributed by atoms with Gasteiger partial charge in [-0.2, -0.15) is 0 Å². The molecule has 0 bridgehead atoms. The number of rotatable bonds is 16. The third kappa shape index (κ3) is 12.6. The van der Waals surface area contributed by atoms with Gasteiger partial charge in [-0.3, -0.25) is 4.79 Å². The molecule has 0 heterocycles. The van der Waals surface area contributed by atoms with Crippen LogP contribution in [0, 0.1) is 0 Å². The SMILES string of the molecule is CCCCCCCCCCC=CCCCNCC(=O)c1ccccc1. The Kier molecular flexibility index (Phi) is 13.9. The van der Waals surface area contributed by atoms with E-state index in [1.165, 1.54) is 57.8 Å². The Balaban J connectivity index is 1.85. The van der Waals surface area contributed by atoms with Crippen molar-refractivity contribution >= 4 is 5.78 Å². The highest BCUT2D eigenvalue weighted by Crippen LogP contribution is 2.09. The van der Waals surface area contributed by atoms with Crippen LogP contribution in [0.2, 0.25) is 0 Å². The summed E-state index contributed by atoms with van der Waals surface area (Å²) in [6, 6.07) is 9.50. The summed E-state index contributed by atoms with van der Waals surface area (Å²) in [5.74, 6) is 0.172. The van der Waals surface area contributed by atoms with Crippen LogP contribution >= 0.6 is 0 Å². The van der Waals surface area contributed by atoms with Crippen molar-refractivity contribution < 1.29 is 4.79 Å². The lowest BCUT2D eigenvalue weighted by molar-refractivity contribution is 0.0991. The molecule has 1 aromatic rings. The molecule has 0 amide bonds. The van der Waals surface area contributed by atoms with Crippen LogP contribution in [0.5, 0.6) is 0 Å². The minimum absolute atomic E-state index is 0.172. The molecule has 0 radical (unpaired) electrons. The lowest BCUT2D eigenvalue weighted by atomic mass is 10.1. The number of hydrogen-bond acceptors (Lipinski definition) is 2. The Morgan fingerprint density at radius 2 is 1.44 bits per heavy atom. The van der Waals surface area contributed by atoms with Crippen molar-refractivity contribution in [3.05, 3.63) is 48.0 Å². The average molecular weight is 344 g/mol. The Bertz CT molecular complexity index is 452. The molecule has 0 aliphatic carbocycles. The number of hydrogen-bond donors (Lipinski definition) is 1. The maximum Gasteiger partial charge on any atom is 0.176 e. The van der Waals surface area contributed by atoms with Gasteiger partial charge in [-0.15, -0.1) is 0 Å². The van der Waals surface area contributed by atoms with Crippen LogP contribution in [0.3, 0.4) is 0 Å². The fourth-order valence-corrected chi connectivity index (χ4v) is 2.90. The number of carbonyl (C=O) groups excluding carboxylic acids is 1. The standard InChI is InChI=1S/C23H37NO/c1-2-3-4-5-6-7-8-9-10-11-12-13-17-20-24-21-23(25)22-18-15-14-16-19-22/h11-12,14-16,18-19,24H,2-10,13,17,20-21H2,1H3. The van der Waals surface area contributed by atoms with Crippen LogP contribution in [0.4, 0.5) is 0 Å². The molecule has 0 aliphatic heterocycles. The van der Waals surface area contributed by atoms with E-state index in [9.17, 15) is 4.79 Å². The van der Waals surface area contributed by atoms with Gasteiger partial charge in [0.25, 0.3) is 0 Å². The van der Waals surface area contributed by atoms with Crippen LogP contribution in [0.25, 0.3) is 0 Å². The van der Waals surface area contributed by atoms with Crippen molar-refractivity contribution in [1.29, 1.82) is 0 Å². The normalized spacial score (nSPS) is 11.2. The van der Waals surface area contributed by atoms with Crippen molar-refractivity contribution in [2.45, 2.75) is 77.6 Å². The van der Waals surface area contributed by atoms with E-state index in [2.05, 4.69) is 24.4 Å². The number of carbonyl (C=O) groups is 1. The molecule has 1 rings (SSSR count). The molecular formula is C23H37NO. The van der Waals surface area contributed by atoms with E-state index < -0.39 is 0 Å². The molecule has 2 heteroatoms. The summed E-state index contributed by atoms with van der Waals surface area (Å²) in [4.78, 5) is 11.9. The van der Waals surface area contributed by atoms with Crippen LogP contribution in [0.15, 0.2) is 42.5 Å². The van der Waals surface area contributed by atoms with E-state index in [-0.39, 0.29) is 5.78 Å². The summed E-state index contributed by atoms with van der Waals surface area (Å²) in [5, 5.41) is 3.24. The molecule has 1 N–H and O–H groups in total. The first-order chi connectivity index (χ1) is 12.3. The summed E-state index contributed by atoms with van der Waals surface area (Å²) in [6.07, 6.45) is 19.1. The van der Waals surface area contributed by atoms with E-state index in [1.54, 1.807) is 0 Å². The van der Waals surface area contributed by atoms with Crippen molar-refractivity contribution in [2.75, 3.05) is 13.1 Å². The molecule has 0 saturated heterocycles. The van der Waals surface area contributed by atoms with Gasteiger partial charge in [0.2, 0.25) is 0 Å². The average Bonchev–Trinajstić information content (AvgIpc) is 2.65. The third-order valence-electron chi connectivity index (χ3n) is 4.50. The topological polar surface area (TPSA) is 29.1 Å². The Labute approximate surface area is 155 Å². The highest BCUT2D eigenvalue weighted by molar-refractivity contribution is 5.97. The Morgan fingerprint density at radius 3 is 2.12 bits per heavy atom. The first kappa shape index (κ1) is 21.6. The second-order valence-electron chi connectivity index (χ2n) is 6.84. The first-order valence-electron chi connectivity index (χ1n) is 10.3. The summed E-state index contributed by atoms with van der Waals surface area (Å²) in [7, 11) is 0. The van der Waals surface area contributed by atoms with Crippen LogP contribution in [-0.4, -0.2) is 18.9 Å². The molecule has 0 unspecified atom stereocenters. The maximum atomic E-state index is 11.9. The largest absolute Gasteiger partial charge is 0.310 e. The molecule has 2 nitrogen and oxygen atoms in total. The smallest absolute Gasteiger partial charge is 0.176 e. The van der Waals surface area contributed by atoms with Gasteiger partial charge in [-0.1, -0.05) is 94.4 Å². The predicted molar refractivity (Wildman–Crippen MR) is 109 cm³/mol. The van der Waals surface area contributed by atoms with Crippen molar-refractivity contribution in [3.8, 4) is 0 Å². The summed E-state index contributed by atoms with van der Waals surface area (Å²) in [6.45, 7) is 3.61. The van der Waals surface area contributed by atoms with Crippen LogP contribution < -0.4 is 5.32 Å². The monoisotopic (exact) mass is 343 g/mol. The molecule has 0 fully saturated rings. The van der Waals surface area contributed by atoms with Crippen LogP contribution in [0.1, 0.15) is 87.9 Å². The summed E-state index contributed by atoms with van der Waals surface area (Å²) < 4.78 is 0. The van der Waals surface area contributed by atoms with E-state index in [4.69, 9.17) is 0 Å². The van der Waals surface area contributed by atoms with E-state index in [0.29, 0.717) is 6.54 Å². The zero-order valence-corrected chi connectivity index (χ0v) is 16.1. The third-order valence-corrected chi connectivity index (χ3v) is 4.50. The zero-order chi connectivity index (χ0) is 18.0. The molecule has 0 spiro atoms. The van der Waals surface area contributed by atoms with Crippen LogP contribution in [-0.2, 0) is 0 Å². The van der Waals surface area contributed by atoms with E-state index in [0.717, 1.165) is 24.9 Å². The minimum Gasteiger partial charge on any atom is -0.310 e. The van der Waals surface area contributed by atoms with Gasteiger partial charge in [-0.25, -0.2) is 0 Å². The second-order valence-corrected chi connectivity index (χ2v) is 6.84. The van der Waals surface area contributed by atoms with E-state index >= 15 is 0 Å². The van der Waals surface area contributed by atoms with Gasteiger partial charge in [0.05, 0.1) is 6.54 Å². The number of nitrogens with one attached hydrogen (secondary N) is 1. The zero-order valence-electron chi connectivity index (χ0n) is 16.1. The lowest BCUT2D eigenvalue weighted by Crippen LogP contribution is -2.23. The molecule has 1 aromatic carbocycles. The minimum atomic E-state index is 0.172. The maximum absolute atomic E-state index is 11.9. The Hall–Kier alpha value is -1.41. The molecule has 25 heavy (non-hydrogen) atoms. The molecular weight excluding hydrogens is 306 g/mol. The number of unbranched alkanes of at least 4 members (excludes halogenated alkanes) is 9. The number of allylic oxidation sites excluding steroid dienone is 2. The van der Waals surface area contributed by atoms with Crippen molar-refractivity contribution in [1.82, 2.24) is 5.32 Å². The fourth-order valence-electron chi connectivity index (χ4n) is 2.90. The van der Waals surface area contributed by atoms with Gasteiger partial charge < -0.3 is 5.32 Å². The van der Waals surface area contributed by atoms with Gasteiger partial charge in [0.1, 0.15) is 0 Å². The summed E-state index contributed by atoms with van der Waals surface area (Å²) in [5.41, 5.74) is 0.792. The summed E-state index contributed by atoms with van der Waals surface area (Å²) >= 11 is 0. The highest BCUT2D eigenvalue weighted by atomic mass is 16.1. The van der Waals surface area contributed by atoms with Gasteiger partial charge >= 0.3 is 0 Å². The lowest BCUT2D eigenvalue weighted by Gasteiger charge is -2.03. The van der Waals surface area contributed by atoms with Crippen molar-refractivity contribution in [2.24, 2.45) is 0 Å². The van der Waals surface area contributed by atoms with Gasteiger partial charge in [0.15, 0.2) is 5.78 Å². The second kappa shape index (κ2) is 16.1. The molecule has 140 valence electrons. The number of Topliss-reactive ketones (excluding diaryl/α,β-unsaturated/α-hetero) is 1. The number of benzene rings is 1. The van der Waals surface area contributed by atoms with E-state index in [1.807, 2.05) is 30.3 Å². The predicted octanol–water partition coefficient (Wildman–Crippen LogP) is 6.33. The van der Waals surface area contributed by atoms with Gasteiger partial charge in [-0.05, 0) is 32.2 Å². The first-order valence-corrected chi connectivity index (χ1v) is 10.3. The van der Waals surface area contributed by atoms with Crippen molar-refractivity contribution in [3.63, 3.8) is 0 Å². The highest BCUT2D eigenvalue weighted by Gasteiger charge is 2.02. The molecule has 0 aromatic heterocycles. The molecule has 0 saturated carbocycles. The molecule has 0 atom stereocenters. The van der Waals surface area contributed by atoms with Gasteiger partial charge in [0, 0.05) is 5.56 Å².